The molecule has 2 aromatic carbocycles. The molecule has 164 valence electrons. The highest BCUT2D eigenvalue weighted by molar-refractivity contribution is 7.98. The first-order valence-corrected chi connectivity index (χ1v) is 13.0. The third-order valence-electron chi connectivity index (χ3n) is 4.98. The van der Waals surface area contributed by atoms with Crippen LogP contribution in [0.25, 0.3) is 0 Å². The number of thioether (sulfide) groups is 1. The van der Waals surface area contributed by atoms with Crippen molar-refractivity contribution < 1.29 is 13.2 Å². The molecule has 0 spiro atoms. The molecule has 30 heavy (non-hydrogen) atoms. The number of sulfonamides is 1. The molecule has 5 nitrogen and oxygen atoms in total. The summed E-state index contributed by atoms with van der Waals surface area (Å²) in [5.41, 5.74) is 4.75. The largest absolute Gasteiger partial charge is 0.355 e. The fourth-order valence-corrected chi connectivity index (χ4v) is 4.89. The zero-order chi connectivity index (χ0) is 22.1. The van der Waals surface area contributed by atoms with Crippen LogP contribution in [0.5, 0.6) is 0 Å². The van der Waals surface area contributed by atoms with Gasteiger partial charge in [0, 0.05) is 6.54 Å². The molecule has 0 bridgehead atoms. The molecule has 7 heteroatoms. The lowest BCUT2D eigenvalue weighted by Gasteiger charge is -2.18. The Morgan fingerprint density at radius 3 is 2.33 bits per heavy atom. The average molecular weight is 449 g/mol. The Morgan fingerprint density at radius 1 is 1.03 bits per heavy atom. The molecule has 0 saturated carbocycles. The highest BCUT2D eigenvalue weighted by Gasteiger charge is 2.25. The topological polar surface area (TPSA) is 75.3 Å². The fourth-order valence-electron chi connectivity index (χ4n) is 3.19. The van der Waals surface area contributed by atoms with Crippen LogP contribution in [-0.4, -0.2) is 38.9 Å². The van der Waals surface area contributed by atoms with Crippen molar-refractivity contribution in [3.63, 3.8) is 0 Å². The van der Waals surface area contributed by atoms with E-state index in [0.29, 0.717) is 18.7 Å². The molecule has 0 saturated heterocycles. The van der Waals surface area contributed by atoms with Crippen LogP contribution in [0.3, 0.4) is 0 Å². The minimum Gasteiger partial charge on any atom is -0.355 e. The van der Waals surface area contributed by atoms with Crippen molar-refractivity contribution in [3.05, 3.63) is 64.7 Å². The molecule has 0 radical (unpaired) electrons. The molecule has 0 aliphatic carbocycles. The number of carbonyl (C=O) groups is 1. The summed E-state index contributed by atoms with van der Waals surface area (Å²) in [7, 11) is -3.76. The maximum absolute atomic E-state index is 12.7. The van der Waals surface area contributed by atoms with E-state index in [1.807, 2.05) is 13.2 Å². The Kier molecular flexibility index (Phi) is 9.39. The summed E-state index contributed by atoms with van der Waals surface area (Å²) < 4.78 is 28.0. The molecule has 0 fully saturated rings. The van der Waals surface area contributed by atoms with Crippen LogP contribution >= 0.6 is 11.8 Å². The molecule has 0 aliphatic rings. The average Bonchev–Trinajstić information content (AvgIpc) is 2.70. The first-order chi connectivity index (χ1) is 14.2. The van der Waals surface area contributed by atoms with Crippen LogP contribution in [0, 0.1) is 20.8 Å². The van der Waals surface area contributed by atoms with Gasteiger partial charge in [0.15, 0.2) is 0 Å². The van der Waals surface area contributed by atoms with Gasteiger partial charge in [0.05, 0.1) is 4.90 Å². The van der Waals surface area contributed by atoms with Crippen LogP contribution in [-0.2, 0) is 21.2 Å². The van der Waals surface area contributed by atoms with Gasteiger partial charge in [-0.15, -0.1) is 0 Å². The normalized spacial score (nSPS) is 12.5. The van der Waals surface area contributed by atoms with Crippen molar-refractivity contribution >= 4 is 27.7 Å². The van der Waals surface area contributed by atoms with Gasteiger partial charge in [0.25, 0.3) is 0 Å². The highest BCUT2D eigenvalue weighted by Crippen LogP contribution is 2.14. The number of hydrogen-bond donors (Lipinski definition) is 2. The molecule has 1 atom stereocenters. The Bertz CT molecular complexity index is 941. The SMILES string of the molecule is CSCCC(NS(=O)(=O)c1ccc(C)cc1)C(=O)NCCCc1ccc(C)cc1C. The van der Waals surface area contributed by atoms with Gasteiger partial charge in [-0.1, -0.05) is 41.5 Å². The quantitative estimate of drug-likeness (QED) is 0.513. The van der Waals surface area contributed by atoms with E-state index in [-0.39, 0.29) is 10.8 Å². The van der Waals surface area contributed by atoms with Crippen molar-refractivity contribution in [2.24, 2.45) is 0 Å². The second kappa shape index (κ2) is 11.5. The molecule has 2 rings (SSSR count). The van der Waals surface area contributed by atoms with E-state index in [0.717, 1.165) is 18.4 Å². The van der Waals surface area contributed by atoms with Crippen LogP contribution in [0.15, 0.2) is 47.4 Å². The van der Waals surface area contributed by atoms with E-state index >= 15 is 0 Å². The lowest BCUT2D eigenvalue weighted by atomic mass is 10.0. The smallest absolute Gasteiger partial charge is 0.241 e. The molecular weight excluding hydrogens is 416 g/mol. The number of aryl methyl sites for hydroxylation is 4. The summed E-state index contributed by atoms with van der Waals surface area (Å²) in [6, 6.07) is 12.2. The summed E-state index contributed by atoms with van der Waals surface area (Å²) in [5.74, 6) is 0.414. The van der Waals surface area contributed by atoms with Gasteiger partial charge in [-0.25, -0.2) is 8.42 Å². The van der Waals surface area contributed by atoms with Crippen LogP contribution in [0.4, 0.5) is 0 Å². The molecule has 2 aromatic rings. The Morgan fingerprint density at radius 2 is 1.70 bits per heavy atom. The monoisotopic (exact) mass is 448 g/mol. The number of benzene rings is 2. The first-order valence-electron chi connectivity index (χ1n) is 10.1. The van der Waals surface area contributed by atoms with Crippen LogP contribution in [0.2, 0.25) is 0 Å². The molecule has 1 amide bonds. The maximum atomic E-state index is 12.7. The van der Waals surface area contributed by atoms with Gasteiger partial charge in [-0.2, -0.15) is 16.5 Å². The number of hydrogen-bond acceptors (Lipinski definition) is 4. The predicted octanol–water partition coefficient (Wildman–Crippen LogP) is 3.76. The van der Waals surface area contributed by atoms with E-state index in [4.69, 9.17) is 0 Å². The van der Waals surface area contributed by atoms with Gasteiger partial charge in [0.1, 0.15) is 6.04 Å². The van der Waals surface area contributed by atoms with Crippen molar-refractivity contribution in [3.8, 4) is 0 Å². The molecule has 0 heterocycles. The molecule has 1 unspecified atom stereocenters. The molecule has 0 aliphatic heterocycles. The standard InChI is InChI=1S/C23H32N2O3S2/c1-17-8-11-21(12-9-17)30(27,28)25-22(13-15-29-4)23(26)24-14-5-6-20-10-7-18(2)16-19(20)3/h7-12,16,22,25H,5-6,13-15H2,1-4H3,(H,24,26). The van der Waals surface area contributed by atoms with E-state index in [1.54, 1.807) is 36.0 Å². The number of rotatable bonds is 11. The zero-order valence-corrected chi connectivity index (χ0v) is 19.8. The Balaban J connectivity index is 1.94. The van der Waals surface area contributed by atoms with Gasteiger partial charge >= 0.3 is 0 Å². The Hall–Kier alpha value is -1.83. The van der Waals surface area contributed by atoms with Crippen molar-refractivity contribution in [2.75, 3.05) is 18.6 Å². The lowest BCUT2D eigenvalue weighted by molar-refractivity contribution is -0.122. The molecule has 0 aromatic heterocycles. The molecular formula is C23H32N2O3S2. The second-order valence-electron chi connectivity index (χ2n) is 7.59. The van der Waals surface area contributed by atoms with E-state index in [2.05, 4.69) is 42.1 Å². The predicted molar refractivity (Wildman–Crippen MR) is 126 cm³/mol. The number of amides is 1. The maximum Gasteiger partial charge on any atom is 0.241 e. The summed E-state index contributed by atoms with van der Waals surface area (Å²) >= 11 is 1.58. The summed E-state index contributed by atoms with van der Waals surface area (Å²) in [5, 5.41) is 2.90. The highest BCUT2D eigenvalue weighted by atomic mass is 32.2. The van der Waals surface area contributed by atoms with Crippen LogP contribution < -0.4 is 10.0 Å². The third-order valence-corrected chi connectivity index (χ3v) is 7.11. The lowest BCUT2D eigenvalue weighted by Crippen LogP contribution is -2.47. The second-order valence-corrected chi connectivity index (χ2v) is 10.3. The van der Waals surface area contributed by atoms with Gasteiger partial charge < -0.3 is 5.32 Å². The minimum absolute atomic E-state index is 0.171. The minimum atomic E-state index is -3.76. The third kappa shape index (κ3) is 7.45. The summed E-state index contributed by atoms with van der Waals surface area (Å²) in [6.07, 6.45) is 4.05. The molecule has 2 N–H and O–H groups in total. The zero-order valence-electron chi connectivity index (χ0n) is 18.2. The van der Waals surface area contributed by atoms with Crippen LogP contribution in [0.1, 0.15) is 35.1 Å². The Labute approximate surface area is 185 Å². The first kappa shape index (κ1) is 24.4. The van der Waals surface area contributed by atoms with E-state index in [1.165, 1.54) is 16.7 Å². The van der Waals surface area contributed by atoms with Crippen molar-refractivity contribution in [2.45, 2.75) is 51.0 Å². The number of nitrogens with one attached hydrogen (secondary N) is 2. The fraction of sp³-hybridized carbons (Fsp3) is 0.435. The van der Waals surface area contributed by atoms with Crippen molar-refractivity contribution in [1.29, 1.82) is 0 Å². The number of carbonyl (C=O) groups excluding carboxylic acids is 1. The summed E-state index contributed by atoms with van der Waals surface area (Å²) in [6.45, 7) is 6.58. The summed E-state index contributed by atoms with van der Waals surface area (Å²) in [4.78, 5) is 12.9. The van der Waals surface area contributed by atoms with Gasteiger partial charge in [-0.05, 0) is 75.3 Å². The van der Waals surface area contributed by atoms with E-state index in [9.17, 15) is 13.2 Å². The van der Waals surface area contributed by atoms with Gasteiger partial charge in [-0.3, -0.25) is 4.79 Å². The van der Waals surface area contributed by atoms with E-state index < -0.39 is 16.1 Å². The van der Waals surface area contributed by atoms with Gasteiger partial charge in [0.2, 0.25) is 15.9 Å². The van der Waals surface area contributed by atoms with Crippen molar-refractivity contribution in [1.82, 2.24) is 10.0 Å².